The first-order chi connectivity index (χ1) is 7.54. The van der Waals surface area contributed by atoms with Gasteiger partial charge < -0.3 is 10.8 Å². The molecule has 1 aliphatic carbocycles. The van der Waals surface area contributed by atoms with Gasteiger partial charge in [0.15, 0.2) is 0 Å². The van der Waals surface area contributed by atoms with E-state index in [0.717, 1.165) is 6.42 Å². The summed E-state index contributed by atoms with van der Waals surface area (Å²) in [5.41, 5.74) is 11.1. The Hall–Kier alpha value is -0.860. The molecule has 1 fully saturated rings. The summed E-state index contributed by atoms with van der Waals surface area (Å²) >= 11 is 0. The third-order valence-corrected chi connectivity index (χ3v) is 4.17. The van der Waals surface area contributed by atoms with Crippen LogP contribution in [0, 0.1) is 26.2 Å². The Balaban J connectivity index is 2.34. The molecule has 0 radical (unpaired) electrons. The molecule has 0 bridgehead atoms. The van der Waals surface area contributed by atoms with Crippen molar-refractivity contribution >= 4 is 0 Å². The van der Waals surface area contributed by atoms with Gasteiger partial charge in [0, 0.05) is 12.0 Å². The molecule has 0 amide bonds. The number of hydrogen-bond acceptors (Lipinski definition) is 2. The van der Waals surface area contributed by atoms with E-state index in [9.17, 15) is 5.11 Å². The van der Waals surface area contributed by atoms with Crippen LogP contribution in [0.25, 0.3) is 0 Å². The first-order valence-electron chi connectivity index (χ1n) is 5.93. The molecule has 1 aromatic rings. The third kappa shape index (κ3) is 1.66. The van der Waals surface area contributed by atoms with Crippen molar-refractivity contribution < 1.29 is 5.11 Å². The topological polar surface area (TPSA) is 46.2 Å². The van der Waals surface area contributed by atoms with Crippen molar-refractivity contribution in [1.29, 1.82) is 0 Å². The Kier molecular flexibility index (Phi) is 2.81. The lowest BCUT2D eigenvalue weighted by atomic mass is 9.93. The first kappa shape index (κ1) is 11.6. The molecule has 2 heteroatoms. The first-order valence-corrected chi connectivity index (χ1v) is 5.93. The highest BCUT2D eigenvalue weighted by Crippen LogP contribution is 2.59. The van der Waals surface area contributed by atoms with Gasteiger partial charge in [-0.15, -0.1) is 0 Å². The lowest BCUT2D eigenvalue weighted by molar-refractivity contribution is 0.211. The number of aliphatic hydroxyl groups is 1. The van der Waals surface area contributed by atoms with Crippen LogP contribution in [0.15, 0.2) is 12.1 Å². The number of nitrogens with two attached hydrogens (primary N) is 1. The van der Waals surface area contributed by atoms with Crippen molar-refractivity contribution in [3.8, 4) is 0 Å². The maximum Gasteiger partial charge on any atom is 0.0505 e. The molecule has 16 heavy (non-hydrogen) atoms. The van der Waals surface area contributed by atoms with Crippen LogP contribution >= 0.6 is 0 Å². The summed E-state index contributed by atoms with van der Waals surface area (Å²) in [7, 11) is 0. The van der Waals surface area contributed by atoms with Crippen molar-refractivity contribution in [2.45, 2.75) is 33.1 Å². The predicted octanol–water partition coefficient (Wildman–Crippen LogP) is 2.04. The molecule has 1 aromatic carbocycles. The van der Waals surface area contributed by atoms with E-state index in [1.807, 2.05) is 0 Å². The number of aryl methyl sites for hydroxylation is 3. The lowest BCUT2D eigenvalue weighted by Gasteiger charge is -2.14. The number of aliphatic hydroxyl groups excluding tert-OH is 1. The number of rotatable bonds is 3. The molecular formula is C14H21NO. The van der Waals surface area contributed by atoms with Crippen LogP contribution < -0.4 is 5.73 Å². The van der Waals surface area contributed by atoms with Crippen molar-refractivity contribution in [3.05, 3.63) is 34.4 Å². The predicted molar refractivity (Wildman–Crippen MR) is 66.6 cm³/mol. The molecule has 0 aliphatic heterocycles. The van der Waals surface area contributed by atoms with Crippen LogP contribution in [-0.4, -0.2) is 18.3 Å². The standard InChI is InChI=1S/C14H21NO/c1-9-4-11(3)12(5-10(9)2)13-6-14(13,7-15)8-16/h4-5,13,16H,6-8,15H2,1-3H3. The molecule has 3 N–H and O–H groups in total. The summed E-state index contributed by atoms with van der Waals surface area (Å²) in [6.07, 6.45) is 1.03. The summed E-state index contributed by atoms with van der Waals surface area (Å²) in [6, 6.07) is 4.50. The Morgan fingerprint density at radius 2 is 1.88 bits per heavy atom. The Labute approximate surface area is 97.5 Å². The van der Waals surface area contributed by atoms with Gasteiger partial charge in [-0.2, -0.15) is 0 Å². The Morgan fingerprint density at radius 1 is 1.25 bits per heavy atom. The summed E-state index contributed by atoms with van der Waals surface area (Å²) in [6.45, 7) is 7.23. The average molecular weight is 219 g/mol. The SMILES string of the molecule is Cc1cc(C)c(C2CC2(CN)CO)cc1C. The summed E-state index contributed by atoms with van der Waals surface area (Å²) in [5.74, 6) is 0.460. The zero-order valence-electron chi connectivity index (χ0n) is 10.4. The molecule has 2 rings (SSSR count). The van der Waals surface area contributed by atoms with E-state index in [1.54, 1.807) is 0 Å². The van der Waals surface area contributed by atoms with Gasteiger partial charge in [0.2, 0.25) is 0 Å². The maximum atomic E-state index is 9.42. The normalized spacial score (nSPS) is 28.2. The maximum absolute atomic E-state index is 9.42. The van der Waals surface area contributed by atoms with Crippen molar-refractivity contribution in [2.24, 2.45) is 11.1 Å². The van der Waals surface area contributed by atoms with Crippen LogP contribution in [0.3, 0.4) is 0 Å². The van der Waals surface area contributed by atoms with E-state index in [-0.39, 0.29) is 12.0 Å². The molecule has 0 heterocycles. The molecule has 2 atom stereocenters. The second-order valence-electron chi connectivity index (χ2n) is 5.27. The zero-order valence-corrected chi connectivity index (χ0v) is 10.4. The minimum absolute atomic E-state index is 0.0353. The monoisotopic (exact) mass is 219 g/mol. The second-order valence-corrected chi connectivity index (χ2v) is 5.27. The van der Waals surface area contributed by atoms with Gasteiger partial charge in [-0.3, -0.25) is 0 Å². The summed E-state index contributed by atoms with van der Waals surface area (Å²) < 4.78 is 0. The van der Waals surface area contributed by atoms with Crippen LogP contribution in [-0.2, 0) is 0 Å². The van der Waals surface area contributed by atoms with Gasteiger partial charge in [-0.25, -0.2) is 0 Å². The fourth-order valence-corrected chi connectivity index (χ4v) is 2.61. The highest BCUT2D eigenvalue weighted by molar-refractivity contribution is 5.42. The molecule has 1 aliphatic rings. The van der Waals surface area contributed by atoms with Crippen molar-refractivity contribution in [2.75, 3.05) is 13.2 Å². The highest BCUT2D eigenvalue weighted by Gasteiger charge is 2.53. The van der Waals surface area contributed by atoms with Crippen LogP contribution in [0.2, 0.25) is 0 Å². The molecule has 0 spiro atoms. The minimum atomic E-state index is -0.0353. The van der Waals surface area contributed by atoms with E-state index >= 15 is 0 Å². The fourth-order valence-electron chi connectivity index (χ4n) is 2.61. The molecule has 1 saturated carbocycles. The van der Waals surface area contributed by atoms with E-state index in [0.29, 0.717) is 12.5 Å². The zero-order chi connectivity index (χ0) is 11.9. The quantitative estimate of drug-likeness (QED) is 0.817. The minimum Gasteiger partial charge on any atom is -0.396 e. The van der Waals surface area contributed by atoms with Crippen molar-refractivity contribution in [1.82, 2.24) is 0 Å². The van der Waals surface area contributed by atoms with Crippen molar-refractivity contribution in [3.63, 3.8) is 0 Å². The van der Waals surface area contributed by atoms with Gasteiger partial charge in [-0.1, -0.05) is 12.1 Å². The second kappa shape index (κ2) is 3.86. The van der Waals surface area contributed by atoms with Crippen LogP contribution in [0.1, 0.15) is 34.6 Å². The van der Waals surface area contributed by atoms with Crippen LogP contribution in [0.5, 0.6) is 0 Å². The molecule has 2 unspecified atom stereocenters. The molecule has 0 saturated heterocycles. The molecule has 88 valence electrons. The van der Waals surface area contributed by atoms with Gasteiger partial charge in [0.25, 0.3) is 0 Å². The lowest BCUT2D eigenvalue weighted by Crippen LogP contribution is -2.21. The largest absolute Gasteiger partial charge is 0.396 e. The molecule has 2 nitrogen and oxygen atoms in total. The summed E-state index contributed by atoms with van der Waals surface area (Å²) in [4.78, 5) is 0. The van der Waals surface area contributed by atoms with Crippen LogP contribution in [0.4, 0.5) is 0 Å². The number of hydrogen-bond donors (Lipinski definition) is 2. The average Bonchev–Trinajstić information content (AvgIpc) is 2.98. The van der Waals surface area contributed by atoms with E-state index in [1.165, 1.54) is 22.3 Å². The Bertz CT molecular complexity index is 407. The van der Waals surface area contributed by atoms with Gasteiger partial charge in [-0.05, 0) is 55.4 Å². The van der Waals surface area contributed by atoms with Gasteiger partial charge >= 0.3 is 0 Å². The fraction of sp³-hybridized carbons (Fsp3) is 0.571. The van der Waals surface area contributed by atoms with Gasteiger partial charge in [0.1, 0.15) is 0 Å². The number of benzene rings is 1. The van der Waals surface area contributed by atoms with E-state index in [4.69, 9.17) is 5.73 Å². The highest BCUT2D eigenvalue weighted by atomic mass is 16.3. The van der Waals surface area contributed by atoms with E-state index < -0.39 is 0 Å². The van der Waals surface area contributed by atoms with Gasteiger partial charge in [0.05, 0.1) is 6.61 Å². The van der Waals surface area contributed by atoms with E-state index in [2.05, 4.69) is 32.9 Å². The summed E-state index contributed by atoms with van der Waals surface area (Å²) in [5, 5.41) is 9.42. The third-order valence-electron chi connectivity index (χ3n) is 4.17. The molecular weight excluding hydrogens is 198 g/mol. The molecule has 0 aromatic heterocycles. The Morgan fingerprint density at radius 3 is 2.38 bits per heavy atom. The smallest absolute Gasteiger partial charge is 0.0505 e.